The third kappa shape index (κ3) is 6.65. The minimum Gasteiger partial charge on any atom is -0.397 e. The van der Waals surface area contributed by atoms with Crippen molar-refractivity contribution in [2.75, 3.05) is 37.4 Å². The minimum atomic E-state index is -0.481. The molecular formula is C28H27FN4O3. The fourth-order valence-electron chi connectivity index (χ4n) is 3.65. The van der Waals surface area contributed by atoms with Crippen LogP contribution in [0, 0.1) is 5.82 Å². The summed E-state index contributed by atoms with van der Waals surface area (Å²) in [6.07, 6.45) is 4.73. The molecule has 3 aromatic carbocycles. The molecule has 4 rings (SSSR count). The Balaban J connectivity index is 1.50. The Morgan fingerprint density at radius 3 is 2.31 bits per heavy atom. The number of hydrogen-bond donors (Lipinski definition) is 3. The first-order chi connectivity index (χ1) is 17.5. The molecule has 184 valence electrons. The van der Waals surface area contributed by atoms with Crippen molar-refractivity contribution in [3.63, 3.8) is 0 Å². The highest BCUT2D eigenvalue weighted by atomic mass is 19.1. The number of ether oxygens (including phenoxy) is 1. The SMILES string of the molecule is Nc1ccccc1NC(=O)C=Cc1ccc(C=C(C(=O)NN2CCOCC2)c2ccccc2F)cc1. The number of carbonyl (C=O) groups excluding carboxylic acids is 2. The Morgan fingerprint density at radius 1 is 0.917 bits per heavy atom. The molecule has 1 aliphatic rings. The fourth-order valence-corrected chi connectivity index (χ4v) is 3.65. The first-order valence-corrected chi connectivity index (χ1v) is 11.5. The molecule has 0 saturated carbocycles. The van der Waals surface area contributed by atoms with E-state index in [1.807, 2.05) is 12.1 Å². The first-order valence-electron chi connectivity index (χ1n) is 11.5. The standard InChI is InChI=1S/C28H27FN4O3/c29-24-6-2-1-5-22(24)23(28(35)32-33-15-17-36-18-16-33)19-21-11-9-20(10-12-21)13-14-27(34)31-26-8-4-3-7-25(26)30/h1-14,19H,15-18,30H2,(H,31,34)(H,32,35). The number of nitrogens with zero attached hydrogens (tertiary/aromatic N) is 1. The number of benzene rings is 3. The van der Waals surface area contributed by atoms with Crippen LogP contribution in [0.4, 0.5) is 15.8 Å². The summed E-state index contributed by atoms with van der Waals surface area (Å²) in [5, 5.41) is 4.50. The molecule has 1 aliphatic heterocycles. The van der Waals surface area contributed by atoms with Gasteiger partial charge in [0, 0.05) is 24.7 Å². The molecule has 1 saturated heterocycles. The maximum Gasteiger partial charge on any atom is 0.266 e. The van der Waals surface area contributed by atoms with Gasteiger partial charge in [-0.05, 0) is 41.5 Å². The second kappa shape index (κ2) is 11.9. The second-order valence-corrected chi connectivity index (χ2v) is 8.15. The molecule has 0 radical (unpaired) electrons. The number of para-hydroxylation sites is 2. The van der Waals surface area contributed by atoms with Crippen LogP contribution in [0.2, 0.25) is 0 Å². The lowest BCUT2D eigenvalue weighted by molar-refractivity contribution is -0.122. The van der Waals surface area contributed by atoms with Crippen molar-refractivity contribution in [2.45, 2.75) is 0 Å². The van der Waals surface area contributed by atoms with E-state index in [9.17, 15) is 14.0 Å². The molecule has 0 atom stereocenters. The van der Waals surface area contributed by atoms with Crippen LogP contribution in [0.25, 0.3) is 17.7 Å². The van der Waals surface area contributed by atoms with Crippen LogP contribution < -0.4 is 16.5 Å². The van der Waals surface area contributed by atoms with Gasteiger partial charge in [0.05, 0.1) is 30.2 Å². The van der Waals surface area contributed by atoms with E-state index in [2.05, 4.69) is 10.7 Å². The van der Waals surface area contributed by atoms with E-state index in [1.54, 1.807) is 71.8 Å². The van der Waals surface area contributed by atoms with E-state index in [0.29, 0.717) is 43.2 Å². The van der Waals surface area contributed by atoms with Gasteiger partial charge in [-0.15, -0.1) is 0 Å². The molecule has 8 heteroatoms. The van der Waals surface area contributed by atoms with E-state index < -0.39 is 11.7 Å². The highest BCUT2D eigenvalue weighted by Gasteiger charge is 2.19. The minimum absolute atomic E-state index is 0.211. The summed E-state index contributed by atoms with van der Waals surface area (Å²) in [4.78, 5) is 25.3. The normalized spacial score (nSPS) is 14.5. The van der Waals surface area contributed by atoms with E-state index >= 15 is 0 Å². The van der Waals surface area contributed by atoms with E-state index in [1.165, 1.54) is 12.1 Å². The Labute approximate surface area is 209 Å². The fraction of sp³-hybridized carbons (Fsp3) is 0.143. The molecule has 7 nitrogen and oxygen atoms in total. The summed E-state index contributed by atoms with van der Waals surface area (Å²) in [6.45, 7) is 2.15. The van der Waals surface area contributed by atoms with Crippen molar-refractivity contribution in [1.82, 2.24) is 10.4 Å². The lowest BCUT2D eigenvalue weighted by Gasteiger charge is -2.27. The molecule has 1 heterocycles. The molecular weight excluding hydrogens is 459 g/mol. The molecule has 36 heavy (non-hydrogen) atoms. The smallest absolute Gasteiger partial charge is 0.266 e. The zero-order valence-corrected chi connectivity index (χ0v) is 19.6. The highest BCUT2D eigenvalue weighted by Crippen LogP contribution is 2.22. The zero-order chi connectivity index (χ0) is 25.3. The average molecular weight is 487 g/mol. The monoisotopic (exact) mass is 486 g/mol. The third-order valence-corrected chi connectivity index (χ3v) is 5.57. The Morgan fingerprint density at radius 2 is 1.58 bits per heavy atom. The summed E-state index contributed by atoms with van der Waals surface area (Å²) in [5.74, 6) is -1.19. The highest BCUT2D eigenvalue weighted by molar-refractivity contribution is 6.24. The van der Waals surface area contributed by atoms with Gasteiger partial charge in [0.15, 0.2) is 0 Å². The quantitative estimate of drug-likeness (QED) is 0.267. The van der Waals surface area contributed by atoms with Crippen LogP contribution in [-0.2, 0) is 14.3 Å². The number of hydrogen-bond acceptors (Lipinski definition) is 5. The van der Waals surface area contributed by atoms with Gasteiger partial charge < -0.3 is 15.8 Å². The van der Waals surface area contributed by atoms with Crippen molar-refractivity contribution in [3.8, 4) is 0 Å². The summed E-state index contributed by atoms with van der Waals surface area (Å²) < 4.78 is 19.9. The molecule has 3 aromatic rings. The van der Waals surface area contributed by atoms with Crippen LogP contribution in [-0.4, -0.2) is 43.1 Å². The number of rotatable bonds is 7. The number of morpholine rings is 1. The third-order valence-electron chi connectivity index (χ3n) is 5.57. The Bertz CT molecular complexity index is 1280. The number of carbonyl (C=O) groups is 2. The number of nitrogens with two attached hydrogens (primary N) is 1. The van der Waals surface area contributed by atoms with E-state index in [0.717, 1.165) is 5.56 Å². The second-order valence-electron chi connectivity index (χ2n) is 8.15. The van der Waals surface area contributed by atoms with Crippen LogP contribution in [0.5, 0.6) is 0 Å². The number of hydrazine groups is 1. The molecule has 1 fully saturated rings. The number of nitrogens with one attached hydrogen (secondary N) is 2. The van der Waals surface area contributed by atoms with Crippen molar-refractivity contribution in [3.05, 3.63) is 101 Å². The Kier molecular flexibility index (Phi) is 8.23. The summed E-state index contributed by atoms with van der Waals surface area (Å²) in [6, 6.07) is 20.4. The summed E-state index contributed by atoms with van der Waals surface area (Å²) >= 11 is 0. The number of halogens is 1. The van der Waals surface area contributed by atoms with Gasteiger partial charge in [0.25, 0.3) is 5.91 Å². The van der Waals surface area contributed by atoms with Gasteiger partial charge in [-0.3, -0.25) is 15.0 Å². The van der Waals surface area contributed by atoms with Crippen molar-refractivity contribution in [1.29, 1.82) is 0 Å². The van der Waals surface area contributed by atoms with Gasteiger partial charge in [-0.2, -0.15) is 0 Å². The first kappa shape index (κ1) is 24.8. The number of amides is 2. The van der Waals surface area contributed by atoms with Crippen molar-refractivity contribution in [2.24, 2.45) is 0 Å². The van der Waals surface area contributed by atoms with Crippen LogP contribution >= 0.6 is 0 Å². The summed E-state index contributed by atoms with van der Waals surface area (Å²) in [5.41, 5.74) is 11.7. The lowest BCUT2D eigenvalue weighted by atomic mass is 10.0. The zero-order valence-electron chi connectivity index (χ0n) is 19.6. The van der Waals surface area contributed by atoms with Crippen molar-refractivity contribution < 1.29 is 18.7 Å². The number of anilines is 2. The largest absolute Gasteiger partial charge is 0.397 e. The van der Waals surface area contributed by atoms with Gasteiger partial charge in [-0.25, -0.2) is 9.40 Å². The lowest BCUT2D eigenvalue weighted by Crippen LogP contribution is -2.48. The van der Waals surface area contributed by atoms with Gasteiger partial charge in [0.1, 0.15) is 5.82 Å². The van der Waals surface area contributed by atoms with Gasteiger partial charge in [-0.1, -0.05) is 54.6 Å². The maximum absolute atomic E-state index is 14.6. The predicted molar refractivity (Wildman–Crippen MR) is 140 cm³/mol. The number of nitrogen functional groups attached to an aromatic ring is 1. The summed E-state index contributed by atoms with van der Waals surface area (Å²) in [7, 11) is 0. The topological polar surface area (TPSA) is 96.7 Å². The van der Waals surface area contributed by atoms with Crippen LogP contribution in [0.15, 0.2) is 78.9 Å². The molecule has 4 N–H and O–H groups in total. The molecule has 2 amide bonds. The van der Waals surface area contributed by atoms with Gasteiger partial charge >= 0.3 is 0 Å². The average Bonchev–Trinajstić information content (AvgIpc) is 2.89. The van der Waals surface area contributed by atoms with Crippen LogP contribution in [0.1, 0.15) is 16.7 Å². The maximum atomic E-state index is 14.6. The van der Waals surface area contributed by atoms with E-state index in [-0.39, 0.29) is 17.0 Å². The molecule has 0 spiro atoms. The van der Waals surface area contributed by atoms with E-state index in [4.69, 9.17) is 10.5 Å². The van der Waals surface area contributed by atoms with Crippen molar-refractivity contribution >= 4 is 40.9 Å². The Hall–Kier alpha value is -4.27. The molecule has 0 bridgehead atoms. The molecule has 0 aromatic heterocycles. The predicted octanol–water partition coefficient (Wildman–Crippen LogP) is 3.96. The molecule has 0 aliphatic carbocycles. The molecule has 0 unspecified atom stereocenters. The van der Waals surface area contributed by atoms with Gasteiger partial charge in [0.2, 0.25) is 5.91 Å². The van der Waals surface area contributed by atoms with Crippen LogP contribution in [0.3, 0.4) is 0 Å².